The number of carbonyl (C=O) groups excluding carboxylic acids is 2. The van der Waals surface area contributed by atoms with Crippen molar-refractivity contribution < 1.29 is 14.3 Å². The molecule has 0 saturated heterocycles. The van der Waals surface area contributed by atoms with Gasteiger partial charge in [-0.3, -0.25) is 9.59 Å². The van der Waals surface area contributed by atoms with E-state index in [0.29, 0.717) is 16.7 Å². The number of rotatable bonds is 9. The molecular formula is C20H25BrN2O3S. The number of amidine groups is 1. The summed E-state index contributed by atoms with van der Waals surface area (Å²) >= 11 is 4.62. The molecule has 0 radical (unpaired) electrons. The van der Waals surface area contributed by atoms with Gasteiger partial charge in [0.25, 0.3) is 5.91 Å². The van der Waals surface area contributed by atoms with Crippen LogP contribution in [0.5, 0.6) is 5.75 Å². The number of hydrogen-bond acceptors (Lipinski definition) is 4. The lowest BCUT2D eigenvalue weighted by molar-refractivity contribution is -0.117. The number of nitrogens with one attached hydrogen (secondary N) is 1. The van der Waals surface area contributed by atoms with E-state index in [1.165, 1.54) is 32.6 Å². The molecule has 1 aromatic carbocycles. The smallest absolute Gasteiger partial charge is 0.286 e. The highest BCUT2D eigenvalue weighted by Crippen LogP contribution is 2.32. The number of halogens is 1. The number of hydrogen-bond donors (Lipinski definition) is 1. The van der Waals surface area contributed by atoms with E-state index in [1.54, 1.807) is 6.08 Å². The third-order valence-corrected chi connectivity index (χ3v) is 5.31. The second-order valence-electron chi connectivity index (χ2n) is 6.31. The first kappa shape index (κ1) is 21.7. The van der Waals surface area contributed by atoms with Crippen molar-refractivity contribution in [2.24, 2.45) is 4.99 Å². The number of carbonyl (C=O) groups is 2. The number of benzene rings is 1. The van der Waals surface area contributed by atoms with Crippen molar-refractivity contribution in [3.63, 3.8) is 0 Å². The topological polar surface area (TPSA) is 67.8 Å². The normalized spacial score (nSPS) is 15.1. The molecule has 0 saturated carbocycles. The summed E-state index contributed by atoms with van der Waals surface area (Å²) in [6.07, 6.45) is 8.99. The lowest BCUT2D eigenvalue weighted by Crippen LogP contribution is -2.23. The summed E-state index contributed by atoms with van der Waals surface area (Å²) in [7, 11) is 0. The third kappa shape index (κ3) is 7.50. The molecule has 0 aliphatic carbocycles. The van der Waals surface area contributed by atoms with Gasteiger partial charge in [0.15, 0.2) is 5.17 Å². The van der Waals surface area contributed by atoms with Gasteiger partial charge in [-0.05, 0) is 42.5 Å². The summed E-state index contributed by atoms with van der Waals surface area (Å²) in [4.78, 5) is 27.5. The van der Waals surface area contributed by atoms with Crippen molar-refractivity contribution in [2.75, 3.05) is 6.61 Å². The van der Waals surface area contributed by atoms with Gasteiger partial charge in [0.1, 0.15) is 5.75 Å². The van der Waals surface area contributed by atoms with Crippen LogP contribution in [0.15, 0.2) is 32.6 Å². The Morgan fingerprint density at radius 1 is 1.26 bits per heavy atom. The van der Waals surface area contributed by atoms with Crippen LogP contribution in [0.1, 0.15) is 57.9 Å². The molecule has 0 spiro atoms. The summed E-state index contributed by atoms with van der Waals surface area (Å²) in [5.41, 5.74) is 0.811. The largest absolute Gasteiger partial charge is 0.493 e. The first-order valence-electron chi connectivity index (χ1n) is 9.22. The van der Waals surface area contributed by atoms with E-state index in [0.717, 1.165) is 40.4 Å². The molecule has 0 unspecified atom stereocenters. The van der Waals surface area contributed by atoms with E-state index in [-0.39, 0.29) is 11.8 Å². The first-order valence-corrected chi connectivity index (χ1v) is 10.8. The highest BCUT2D eigenvalue weighted by atomic mass is 79.9. The quantitative estimate of drug-likeness (QED) is 0.407. The standard InChI is InChI=1S/C20H25BrN2O3S/c1-3-4-5-6-7-8-11-26-17-10-9-16(21)12-15(17)13-18-19(25)23-20(27-18)22-14(2)24/h9-10,12-13H,3-8,11H2,1-2H3,(H,22,23,24,25). The van der Waals surface area contributed by atoms with Gasteiger partial charge in [-0.1, -0.05) is 55.0 Å². The molecule has 0 atom stereocenters. The van der Waals surface area contributed by atoms with Crippen LogP contribution in [0, 0.1) is 0 Å². The average Bonchev–Trinajstić information content (AvgIpc) is 2.94. The Balaban J connectivity index is 1.97. The van der Waals surface area contributed by atoms with Crippen molar-refractivity contribution in [2.45, 2.75) is 52.4 Å². The summed E-state index contributed by atoms with van der Waals surface area (Å²) in [5, 5.41) is 2.86. The maximum Gasteiger partial charge on any atom is 0.286 e. The maximum atomic E-state index is 12.1. The van der Waals surface area contributed by atoms with Gasteiger partial charge in [-0.25, -0.2) is 0 Å². The number of nitrogens with zero attached hydrogens (tertiary/aromatic N) is 1. The highest BCUT2D eigenvalue weighted by Gasteiger charge is 2.23. The Hall–Kier alpha value is -1.60. The average molecular weight is 453 g/mol. The van der Waals surface area contributed by atoms with E-state index in [1.807, 2.05) is 18.2 Å². The maximum absolute atomic E-state index is 12.1. The second-order valence-corrected chi connectivity index (χ2v) is 8.26. The monoisotopic (exact) mass is 452 g/mol. The molecule has 0 fully saturated rings. The molecule has 2 amide bonds. The zero-order valence-electron chi connectivity index (χ0n) is 15.7. The third-order valence-electron chi connectivity index (χ3n) is 3.92. The predicted octanol–water partition coefficient (Wildman–Crippen LogP) is 5.29. The second kappa shape index (κ2) is 11.3. The van der Waals surface area contributed by atoms with E-state index < -0.39 is 0 Å². The summed E-state index contributed by atoms with van der Waals surface area (Å²) in [6.45, 7) is 4.25. The lowest BCUT2D eigenvalue weighted by Gasteiger charge is -2.10. The SMILES string of the molecule is CCCCCCCCOc1ccc(Br)cc1C=C1SC(NC(C)=O)=NC1=O. The fourth-order valence-electron chi connectivity index (χ4n) is 2.58. The number of aliphatic imine (C=N–C) groups is 1. The lowest BCUT2D eigenvalue weighted by atomic mass is 10.1. The predicted molar refractivity (Wildman–Crippen MR) is 115 cm³/mol. The van der Waals surface area contributed by atoms with Crippen molar-refractivity contribution in [3.05, 3.63) is 33.1 Å². The van der Waals surface area contributed by atoms with Crippen molar-refractivity contribution in [1.82, 2.24) is 5.32 Å². The van der Waals surface area contributed by atoms with Gasteiger partial charge in [0.05, 0.1) is 11.5 Å². The number of thioether (sulfide) groups is 1. The minimum absolute atomic E-state index is 0.249. The van der Waals surface area contributed by atoms with Gasteiger partial charge < -0.3 is 10.1 Å². The number of amides is 2. The Morgan fingerprint density at radius 3 is 2.74 bits per heavy atom. The van der Waals surface area contributed by atoms with Crippen molar-refractivity contribution in [3.8, 4) is 5.75 Å². The fraction of sp³-hybridized carbons (Fsp3) is 0.450. The van der Waals surface area contributed by atoms with E-state index in [9.17, 15) is 9.59 Å². The zero-order valence-corrected chi connectivity index (χ0v) is 18.1. The molecule has 5 nitrogen and oxygen atoms in total. The molecule has 0 bridgehead atoms. The molecule has 1 aliphatic rings. The van der Waals surface area contributed by atoms with E-state index in [4.69, 9.17) is 4.74 Å². The Labute approximate surface area is 173 Å². The highest BCUT2D eigenvalue weighted by molar-refractivity contribution is 9.10. The Morgan fingerprint density at radius 2 is 2.00 bits per heavy atom. The molecule has 2 rings (SSSR count). The molecule has 1 aliphatic heterocycles. The molecular weight excluding hydrogens is 428 g/mol. The molecule has 1 aromatic rings. The summed E-state index contributed by atoms with van der Waals surface area (Å²) in [5.74, 6) is 0.131. The van der Waals surface area contributed by atoms with Crippen molar-refractivity contribution >= 4 is 50.7 Å². The zero-order chi connectivity index (χ0) is 19.6. The van der Waals surface area contributed by atoms with Crippen LogP contribution < -0.4 is 10.1 Å². The van der Waals surface area contributed by atoms with E-state index >= 15 is 0 Å². The fourth-order valence-corrected chi connectivity index (χ4v) is 3.81. The molecule has 146 valence electrons. The minimum Gasteiger partial charge on any atom is -0.493 e. The first-order chi connectivity index (χ1) is 13.0. The molecule has 0 aromatic heterocycles. The van der Waals surface area contributed by atoms with Gasteiger partial charge in [-0.2, -0.15) is 4.99 Å². The summed E-state index contributed by atoms with van der Waals surface area (Å²) < 4.78 is 6.85. The van der Waals surface area contributed by atoms with Crippen LogP contribution in [0.4, 0.5) is 0 Å². The minimum atomic E-state index is -0.356. The van der Waals surface area contributed by atoms with E-state index in [2.05, 4.69) is 33.2 Å². The van der Waals surface area contributed by atoms with Gasteiger partial charge in [0.2, 0.25) is 5.91 Å². The van der Waals surface area contributed by atoms with Crippen LogP contribution in [-0.2, 0) is 9.59 Å². The molecule has 1 N–H and O–H groups in total. The molecule has 7 heteroatoms. The van der Waals surface area contributed by atoms with Crippen LogP contribution in [-0.4, -0.2) is 23.6 Å². The van der Waals surface area contributed by atoms with Crippen LogP contribution in [0.2, 0.25) is 0 Å². The summed E-state index contributed by atoms with van der Waals surface area (Å²) in [6, 6.07) is 5.72. The van der Waals surface area contributed by atoms with Crippen LogP contribution in [0.3, 0.4) is 0 Å². The van der Waals surface area contributed by atoms with Gasteiger partial charge in [-0.15, -0.1) is 0 Å². The van der Waals surface area contributed by atoms with Crippen molar-refractivity contribution in [1.29, 1.82) is 0 Å². The van der Waals surface area contributed by atoms with Crippen LogP contribution >= 0.6 is 27.7 Å². The van der Waals surface area contributed by atoms with Gasteiger partial charge in [0, 0.05) is 17.0 Å². The van der Waals surface area contributed by atoms with Crippen LogP contribution in [0.25, 0.3) is 6.08 Å². The number of unbranched alkanes of at least 4 members (excludes halogenated alkanes) is 5. The Kier molecular flexibility index (Phi) is 9.07. The molecule has 1 heterocycles. The Bertz CT molecular complexity index is 747. The number of ether oxygens (including phenoxy) is 1. The van der Waals surface area contributed by atoms with Gasteiger partial charge >= 0.3 is 0 Å². The molecule has 27 heavy (non-hydrogen) atoms.